The van der Waals surface area contributed by atoms with Crippen LogP contribution in [0.2, 0.25) is 10.0 Å². The second kappa shape index (κ2) is 10.0. The topological polar surface area (TPSA) is 75.7 Å². The summed E-state index contributed by atoms with van der Waals surface area (Å²) in [6.07, 6.45) is 1.40. The van der Waals surface area contributed by atoms with E-state index in [1.807, 2.05) is 30.3 Å². The van der Waals surface area contributed by atoms with Crippen molar-refractivity contribution in [2.75, 3.05) is 4.90 Å². The summed E-state index contributed by atoms with van der Waals surface area (Å²) in [6, 6.07) is 20.2. The van der Waals surface area contributed by atoms with E-state index in [9.17, 15) is 18.8 Å². The zero-order chi connectivity index (χ0) is 26.1. The molecule has 0 aromatic heterocycles. The molecule has 0 radical (unpaired) electrons. The van der Waals surface area contributed by atoms with Gasteiger partial charge in [-0.05, 0) is 58.8 Å². The summed E-state index contributed by atoms with van der Waals surface area (Å²) in [4.78, 5) is 39.6. The Morgan fingerprint density at radius 3 is 2.41 bits per heavy atom. The number of amides is 4. The standard InChI is InChI=1S/C28H17Cl2FN2O4/c29-23-11-10-19(13-24(23)30)33-27(35)22(26(34)32-28(33)36)14-21-20-4-2-1-3-17(20)7-12-25(21)37-15-16-5-8-18(31)9-6-16/h1-14H,15H2,(H,32,34,36)/b22-14+. The molecule has 1 aliphatic rings. The molecule has 1 aliphatic heterocycles. The van der Waals surface area contributed by atoms with E-state index in [0.29, 0.717) is 11.3 Å². The number of benzene rings is 4. The summed E-state index contributed by atoms with van der Waals surface area (Å²) in [5.41, 5.74) is 1.09. The molecule has 0 unspecified atom stereocenters. The lowest BCUT2D eigenvalue weighted by atomic mass is 9.99. The van der Waals surface area contributed by atoms with Gasteiger partial charge in [0.15, 0.2) is 0 Å². The van der Waals surface area contributed by atoms with Gasteiger partial charge < -0.3 is 4.74 Å². The third-order valence-corrected chi connectivity index (χ3v) is 6.53. The molecular weight excluding hydrogens is 518 g/mol. The van der Waals surface area contributed by atoms with E-state index in [1.54, 1.807) is 18.2 Å². The molecule has 1 fully saturated rings. The second-order valence-corrected chi connectivity index (χ2v) is 8.98. The van der Waals surface area contributed by atoms with Crippen molar-refractivity contribution in [1.29, 1.82) is 0 Å². The lowest BCUT2D eigenvalue weighted by Gasteiger charge is -2.26. The monoisotopic (exact) mass is 534 g/mol. The summed E-state index contributed by atoms with van der Waals surface area (Å²) < 4.78 is 19.3. The van der Waals surface area contributed by atoms with Crippen molar-refractivity contribution in [3.05, 3.63) is 111 Å². The van der Waals surface area contributed by atoms with Crippen molar-refractivity contribution in [3.8, 4) is 5.75 Å². The Hall–Kier alpha value is -4.20. The number of nitrogens with zero attached hydrogens (tertiary/aromatic N) is 1. The van der Waals surface area contributed by atoms with Gasteiger partial charge in [-0.1, -0.05) is 65.7 Å². The molecule has 6 nitrogen and oxygen atoms in total. The van der Waals surface area contributed by atoms with E-state index >= 15 is 0 Å². The first-order valence-electron chi connectivity index (χ1n) is 11.1. The van der Waals surface area contributed by atoms with Crippen LogP contribution in [-0.2, 0) is 16.2 Å². The van der Waals surface area contributed by atoms with Gasteiger partial charge in [-0.25, -0.2) is 14.1 Å². The third kappa shape index (κ3) is 4.91. The summed E-state index contributed by atoms with van der Waals surface area (Å²) in [6.45, 7) is 0.128. The minimum atomic E-state index is -0.906. The molecule has 184 valence electrons. The lowest BCUT2D eigenvalue weighted by molar-refractivity contribution is -0.122. The largest absolute Gasteiger partial charge is 0.488 e. The molecule has 0 aliphatic carbocycles. The summed E-state index contributed by atoms with van der Waals surface area (Å²) in [5.74, 6) is -1.63. The molecule has 4 amide bonds. The van der Waals surface area contributed by atoms with Crippen LogP contribution in [-0.4, -0.2) is 17.8 Å². The minimum absolute atomic E-state index is 0.128. The number of imide groups is 2. The molecule has 1 N–H and O–H groups in total. The molecule has 1 heterocycles. The van der Waals surface area contributed by atoms with Crippen LogP contribution in [0.4, 0.5) is 14.9 Å². The van der Waals surface area contributed by atoms with Crippen LogP contribution in [0.1, 0.15) is 11.1 Å². The lowest BCUT2D eigenvalue weighted by Crippen LogP contribution is -2.54. The van der Waals surface area contributed by atoms with Gasteiger partial charge in [0.05, 0.1) is 15.7 Å². The Bertz CT molecular complexity index is 1600. The van der Waals surface area contributed by atoms with Gasteiger partial charge in [-0.2, -0.15) is 0 Å². The summed E-state index contributed by atoms with van der Waals surface area (Å²) in [5, 5.41) is 4.18. The smallest absolute Gasteiger partial charge is 0.335 e. The fourth-order valence-electron chi connectivity index (χ4n) is 3.95. The van der Waals surface area contributed by atoms with E-state index in [1.165, 1.54) is 36.4 Å². The van der Waals surface area contributed by atoms with Crippen LogP contribution in [0.15, 0.2) is 84.4 Å². The second-order valence-electron chi connectivity index (χ2n) is 8.17. The molecule has 37 heavy (non-hydrogen) atoms. The Morgan fingerprint density at radius 1 is 0.892 bits per heavy atom. The average Bonchev–Trinajstić information content (AvgIpc) is 2.88. The first-order chi connectivity index (χ1) is 17.8. The van der Waals surface area contributed by atoms with Gasteiger partial charge in [-0.3, -0.25) is 14.9 Å². The molecule has 1 saturated heterocycles. The third-order valence-electron chi connectivity index (χ3n) is 5.79. The molecular formula is C28H17Cl2FN2O4. The van der Waals surface area contributed by atoms with E-state index < -0.39 is 17.8 Å². The maximum atomic E-state index is 13.4. The highest BCUT2D eigenvalue weighted by molar-refractivity contribution is 6.43. The number of ether oxygens (including phenoxy) is 1. The highest BCUT2D eigenvalue weighted by atomic mass is 35.5. The van der Waals surface area contributed by atoms with Crippen LogP contribution in [0.25, 0.3) is 16.8 Å². The van der Waals surface area contributed by atoms with Crippen LogP contribution < -0.4 is 15.0 Å². The molecule has 0 spiro atoms. The summed E-state index contributed by atoms with van der Waals surface area (Å²) in [7, 11) is 0. The van der Waals surface area contributed by atoms with E-state index in [0.717, 1.165) is 21.2 Å². The van der Waals surface area contributed by atoms with Gasteiger partial charge in [0.1, 0.15) is 23.7 Å². The molecule has 9 heteroatoms. The Morgan fingerprint density at radius 2 is 1.65 bits per heavy atom. The number of urea groups is 1. The number of barbiturate groups is 1. The number of nitrogens with one attached hydrogen (secondary N) is 1. The Balaban J connectivity index is 1.58. The number of rotatable bonds is 5. The van der Waals surface area contributed by atoms with Crippen molar-refractivity contribution in [3.63, 3.8) is 0 Å². The Kier molecular flexibility index (Phi) is 6.65. The first kappa shape index (κ1) is 24.5. The van der Waals surface area contributed by atoms with Crippen molar-refractivity contribution in [2.45, 2.75) is 6.61 Å². The molecule has 4 aromatic carbocycles. The highest BCUT2D eigenvalue weighted by Gasteiger charge is 2.37. The first-order valence-corrected chi connectivity index (χ1v) is 11.8. The van der Waals surface area contributed by atoms with Crippen molar-refractivity contribution in [1.82, 2.24) is 5.32 Å². The fraction of sp³-hybridized carbons (Fsp3) is 0.0357. The molecule has 0 saturated carbocycles. The van der Waals surface area contributed by atoms with Crippen LogP contribution in [0.5, 0.6) is 5.75 Å². The normalized spacial score (nSPS) is 14.8. The summed E-state index contributed by atoms with van der Waals surface area (Å²) >= 11 is 12.1. The van der Waals surface area contributed by atoms with Crippen molar-refractivity contribution >= 4 is 63.6 Å². The highest BCUT2D eigenvalue weighted by Crippen LogP contribution is 2.33. The van der Waals surface area contributed by atoms with E-state index in [2.05, 4.69) is 5.32 Å². The zero-order valence-electron chi connectivity index (χ0n) is 19.0. The van der Waals surface area contributed by atoms with Crippen LogP contribution in [0.3, 0.4) is 0 Å². The van der Waals surface area contributed by atoms with E-state index in [4.69, 9.17) is 27.9 Å². The van der Waals surface area contributed by atoms with Crippen LogP contribution in [0, 0.1) is 5.82 Å². The number of carbonyl (C=O) groups excluding carboxylic acids is 3. The van der Waals surface area contributed by atoms with Gasteiger partial charge in [-0.15, -0.1) is 0 Å². The predicted octanol–water partition coefficient (Wildman–Crippen LogP) is 6.53. The van der Waals surface area contributed by atoms with Gasteiger partial charge in [0, 0.05) is 5.56 Å². The number of anilines is 1. The van der Waals surface area contributed by atoms with Crippen molar-refractivity contribution in [2.24, 2.45) is 0 Å². The van der Waals surface area contributed by atoms with Gasteiger partial charge in [0.25, 0.3) is 11.8 Å². The van der Waals surface area contributed by atoms with Crippen LogP contribution >= 0.6 is 23.2 Å². The molecule has 4 aromatic rings. The number of fused-ring (bicyclic) bond motifs is 1. The molecule has 0 bridgehead atoms. The number of halogens is 3. The number of carbonyl (C=O) groups is 3. The fourth-order valence-corrected chi connectivity index (χ4v) is 4.24. The van der Waals surface area contributed by atoms with Crippen molar-refractivity contribution < 1.29 is 23.5 Å². The minimum Gasteiger partial charge on any atom is -0.488 e. The maximum absolute atomic E-state index is 13.4. The maximum Gasteiger partial charge on any atom is 0.335 e. The van der Waals surface area contributed by atoms with Gasteiger partial charge >= 0.3 is 6.03 Å². The number of hydrogen-bond acceptors (Lipinski definition) is 4. The van der Waals surface area contributed by atoms with E-state index in [-0.39, 0.29) is 33.7 Å². The molecule has 5 rings (SSSR count). The predicted molar refractivity (Wildman–Crippen MR) is 140 cm³/mol. The zero-order valence-corrected chi connectivity index (χ0v) is 20.5. The SMILES string of the molecule is O=C1NC(=O)N(c2ccc(Cl)c(Cl)c2)C(=O)/C1=C/c1c(OCc2ccc(F)cc2)ccc2ccccc12. The molecule has 0 atom stereocenters. The Labute approximate surface area is 220 Å². The number of hydrogen-bond donors (Lipinski definition) is 1. The average molecular weight is 535 g/mol. The quantitative estimate of drug-likeness (QED) is 0.233. The van der Waals surface area contributed by atoms with Gasteiger partial charge in [0.2, 0.25) is 0 Å².